The van der Waals surface area contributed by atoms with Crippen molar-refractivity contribution >= 4 is 12.3 Å². The number of hydrogen-bond donors (Lipinski definition) is 0. The predicted molar refractivity (Wildman–Crippen MR) is 64.2 cm³/mol. The molecule has 0 atom stereocenters. The molecule has 17 heavy (non-hydrogen) atoms. The molecule has 1 rings (SSSR count). The van der Waals surface area contributed by atoms with Gasteiger partial charge in [-0.25, -0.2) is 4.79 Å². The van der Waals surface area contributed by atoms with Crippen molar-refractivity contribution in [1.82, 2.24) is 0 Å². The first-order chi connectivity index (χ1) is 8.21. The summed E-state index contributed by atoms with van der Waals surface area (Å²) < 4.78 is 14.9. The zero-order valence-corrected chi connectivity index (χ0v) is 10.1. The molecule has 0 saturated heterocycles. The minimum atomic E-state index is -0.620. The highest BCUT2D eigenvalue weighted by Crippen LogP contribution is 2.23. The van der Waals surface area contributed by atoms with Crippen molar-refractivity contribution < 1.29 is 19.0 Å². The van der Waals surface area contributed by atoms with Crippen LogP contribution in [0.15, 0.2) is 23.2 Å². The van der Waals surface area contributed by atoms with Crippen molar-refractivity contribution in [3.8, 4) is 11.5 Å². The van der Waals surface area contributed by atoms with Crippen molar-refractivity contribution in [3.63, 3.8) is 0 Å². The molecular weight excluding hydrogens is 222 g/mol. The summed E-state index contributed by atoms with van der Waals surface area (Å²) in [7, 11) is 3.11. The lowest BCUT2D eigenvalue weighted by Crippen LogP contribution is -1.99. The van der Waals surface area contributed by atoms with Crippen LogP contribution in [-0.2, 0) is 4.74 Å². The maximum atomic E-state index is 11.1. The number of benzene rings is 1. The molecule has 0 aliphatic rings. The van der Waals surface area contributed by atoms with E-state index in [1.807, 2.05) is 0 Å². The van der Waals surface area contributed by atoms with Crippen LogP contribution >= 0.6 is 0 Å². The summed E-state index contributed by atoms with van der Waals surface area (Å²) in [5.74, 6) is 1.26. The molecule has 0 bridgehead atoms. The van der Waals surface area contributed by atoms with Crippen molar-refractivity contribution in [2.75, 3.05) is 20.8 Å². The molecule has 0 heterocycles. The molecule has 5 nitrogen and oxygen atoms in total. The molecule has 0 aliphatic carbocycles. The molecule has 5 heteroatoms. The van der Waals surface area contributed by atoms with Gasteiger partial charge in [0.2, 0.25) is 0 Å². The number of methoxy groups -OCH3 is 2. The third kappa shape index (κ3) is 3.79. The van der Waals surface area contributed by atoms with Crippen LogP contribution < -0.4 is 9.47 Å². The summed E-state index contributed by atoms with van der Waals surface area (Å²) in [6, 6.07) is 5.22. The van der Waals surface area contributed by atoms with Gasteiger partial charge in [0.15, 0.2) is 0 Å². The second-order valence-electron chi connectivity index (χ2n) is 3.06. The van der Waals surface area contributed by atoms with Gasteiger partial charge in [-0.1, -0.05) is 0 Å². The van der Waals surface area contributed by atoms with Gasteiger partial charge < -0.3 is 14.2 Å². The molecule has 0 N–H and O–H groups in total. The lowest BCUT2D eigenvalue weighted by atomic mass is 10.2. The van der Waals surface area contributed by atoms with Crippen LogP contribution in [0.5, 0.6) is 11.5 Å². The summed E-state index contributed by atoms with van der Waals surface area (Å²) >= 11 is 0. The molecule has 0 aromatic heterocycles. The molecular formula is C12H15NO4. The van der Waals surface area contributed by atoms with Gasteiger partial charge in [-0.05, 0) is 19.1 Å². The van der Waals surface area contributed by atoms with E-state index in [9.17, 15) is 4.79 Å². The second kappa shape index (κ2) is 6.52. The van der Waals surface area contributed by atoms with Gasteiger partial charge in [0, 0.05) is 17.8 Å². The Balaban J connectivity index is 2.87. The van der Waals surface area contributed by atoms with Crippen LogP contribution in [0.1, 0.15) is 12.5 Å². The van der Waals surface area contributed by atoms with E-state index in [4.69, 9.17) is 9.47 Å². The Morgan fingerprint density at radius 3 is 2.71 bits per heavy atom. The Labute approximate surface area is 100 Å². The Morgan fingerprint density at radius 2 is 2.12 bits per heavy atom. The van der Waals surface area contributed by atoms with Gasteiger partial charge in [-0.15, -0.1) is 0 Å². The first-order valence-electron chi connectivity index (χ1n) is 5.14. The highest BCUT2D eigenvalue weighted by molar-refractivity contribution is 5.91. The van der Waals surface area contributed by atoms with E-state index in [0.717, 1.165) is 0 Å². The van der Waals surface area contributed by atoms with E-state index in [1.54, 1.807) is 32.2 Å². The molecule has 0 aliphatic heterocycles. The molecule has 0 spiro atoms. The number of nitrogens with zero attached hydrogens (tertiary/aromatic N) is 1. The van der Waals surface area contributed by atoms with E-state index in [-0.39, 0.29) is 0 Å². The molecule has 0 fully saturated rings. The number of hydrogen-bond acceptors (Lipinski definition) is 4. The summed E-state index contributed by atoms with van der Waals surface area (Å²) in [4.78, 5) is 14.7. The number of amides is 1. The fourth-order valence-corrected chi connectivity index (χ4v) is 1.21. The van der Waals surface area contributed by atoms with Crippen molar-refractivity contribution in [2.45, 2.75) is 6.92 Å². The molecule has 1 amide bonds. The molecule has 0 saturated carbocycles. The fourth-order valence-electron chi connectivity index (χ4n) is 1.21. The molecule has 0 radical (unpaired) electrons. The molecule has 92 valence electrons. The third-order valence-electron chi connectivity index (χ3n) is 2.02. The normalized spacial score (nSPS) is 10.3. The van der Waals surface area contributed by atoms with E-state index < -0.39 is 6.09 Å². The topological polar surface area (TPSA) is 57.1 Å². The monoisotopic (exact) mass is 237 g/mol. The van der Waals surface area contributed by atoms with Gasteiger partial charge in [0.25, 0.3) is 0 Å². The van der Waals surface area contributed by atoms with Crippen LogP contribution in [0.2, 0.25) is 0 Å². The van der Waals surface area contributed by atoms with Gasteiger partial charge >= 0.3 is 6.09 Å². The minimum absolute atomic E-state index is 0.302. The number of aliphatic imine (C=N–C) groups is 1. The second-order valence-corrected chi connectivity index (χ2v) is 3.06. The SMILES string of the molecule is CCOC(=O)/N=C/c1ccc(OC)cc1OC. The van der Waals surface area contributed by atoms with Crippen LogP contribution in [0.4, 0.5) is 4.79 Å². The standard InChI is InChI=1S/C12H15NO4/c1-4-17-12(14)13-8-9-5-6-10(15-2)7-11(9)16-3/h5-8H,4H2,1-3H3/b13-8+. The number of carbonyl (C=O) groups excluding carboxylic acids is 1. The largest absolute Gasteiger partial charge is 0.497 e. The van der Waals surface area contributed by atoms with Gasteiger partial charge in [-0.2, -0.15) is 4.99 Å². The maximum absolute atomic E-state index is 11.1. The van der Waals surface area contributed by atoms with E-state index in [0.29, 0.717) is 23.7 Å². The summed E-state index contributed by atoms with van der Waals surface area (Å²) in [5, 5.41) is 0. The zero-order valence-electron chi connectivity index (χ0n) is 10.1. The smallest absolute Gasteiger partial charge is 0.433 e. The van der Waals surface area contributed by atoms with Crippen molar-refractivity contribution in [2.24, 2.45) is 4.99 Å². The minimum Gasteiger partial charge on any atom is -0.497 e. The van der Waals surface area contributed by atoms with Crippen molar-refractivity contribution in [1.29, 1.82) is 0 Å². The van der Waals surface area contributed by atoms with E-state index in [1.165, 1.54) is 13.3 Å². The zero-order chi connectivity index (χ0) is 12.7. The van der Waals surface area contributed by atoms with Crippen LogP contribution in [0.3, 0.4) is 0 Å². The molecule has 1 aromatic carbocycles. The Morgan fingerprint density at radius 1 is 1.35 bits per heavy atom. The number of carbonyl (C=O) groups is 1. The average Bonchev–Trinajstić information content (AvgIpc) is 2.36. The van der Waals surface area contributed by atoms with Crippen LogP contribution in [0, 0.1) is 0 Å². The Bertz CT molecular complexity index is 415. The fraction of sp³-hybridized carbons (Fsp3) is 0.333. The quantitative estimate of drug-likeness (QED) is 0.754. The lowest BCUT2D eigenvalue weighted by molar-refractivity contribution is 0.163. The first-order valence-corrected chi connectivity index (χ1v) is 5.14. The van der Waals surface area contributed by atoms with Gasteiger partial charge in [-0.3, -0.25) is 0 Å². The van der Waals surface area contributed by atoms with Crippen LogP contribution in [0.25, 0.3) is 0 Å². The van der Waals surface area contributed by atoms with Gasteiger partial charge in [0.1, 0.15) is 11.5 Å². The first kappa shape index (κ1) is 13.0. The van der Waals surface area contributed by atoms with Gasteiger partial charge in [0.05, 0.1) is 20.8 Å². The number of ether oxygens (including phenoxy) is 3. The summed E-state index contributed by atoms with van der Waals surface area (Å²) in [6.07, 6.45) is 0.779. The summed E-state index contributed by atoms with van der Waals surface area (Å²) in [5.41, 5.74) is 0.682. The van der Waals surface area contributed by atoms with Crippen molar-refractivity contribution in [3.05, 3.63) is 23.8 Å². The van der Waals surface area contributed by atoms with Crippen LogP contribution in [-0.4, -0.2) is 33.1 Å². The Kier molecular flexibility index (Phi) is 5.00. The molecule has 0 unspecified atom stereocenters. The van der Waals surface area contributed by atoms with E-state index >= 15 is 0 Å². The summed E-state index contributed by atoms with van der Waals surface area (Å²) in [6.45, 7) is 2.03. The predicted octanol–water partition coefficient (Wildman–Crippen LogP) is 2.28. The van der Waals surface area contributed by atoms with E-state index in [2.05, 4.69) is 9.73 Å². The number of rotatable bonds is 4. The average molecular weight is 237 g/mol. The maximum Gasteiger partial charge on any atom is 0.433 e. The lowest BCUT2D eigenvalue weighted by Gasteiger charge is -2.06. The Hall–Kier alpha value is -2.04. The highest BCUT2D eigenvalue weighted by Gasteiger charge is 2.03. The third-order valence-corrected chi connectivity index (χ3v) is 2.02. The molecule has 1 aromatic rings. The highest BCUT2D eigenvalue weighted by atomic mass is 16.5.